The second-order valence-electron chi connectivity index (χ2n) is 4.45. The zero-order valence-electron chi connectivity index (χ0n) is 10.00. The van der Waals surface area contributed by atoms with Gasteiger partial charge in [0.2, 0.25) is 0 Å². The summed E-state index contributed by atoms with van der Waals surface area (Å²) in [4.78, 5) is 8.57. The van der Waals surface area contributed by atoms with Crippen LogP contribution in [-0.2, 0) is 0 Å². The predicted octanol–water partition coefficient (Wildman–Crippen LogP) is 1.66. The Labute approximate surface area is 90.8 Å². The number of aromatic nitrogens is 2. The monoisotopic (exact) mass is 209 g/mol. The Morgan fingerprint density at radius 1 is 1.33 bits per heavy atom. The summed E-state index contributed by atoms with van der Waals surface area (Å²) >= 11 is 0. The molecule has 1 heterocycles. The zero-order valence-corrected chi connectivity index (χ0v) is 10.00. The van der Waals surface area contributed by atoms with Crippen LogP contribution in [0.15, 0.2) is 6.20 Å². The fraction of sp³-hybridized carbons (Fsp3) is 0.636. The number of nitrogens with one attached hydrogen (secondary N) is 1. The van der Waals surface area contributed by atoms with Crippen LogP contribution in [-0.4, -0.2) is 26.7 Å². The van der Waals surface area contributed by atoms with E-state index in [4.69, 9.17) is 0 Å². The van der Waals surface area contributed by atoms with Gasteiger partial charge in [-0.1, -0.05) is 0 Å². The third-order valence-corrected chi connectivity index (χ3v) is 2.69. The molecule has 0 aliphatic carbocycles. The summed E-state index contributed by atoms with van der Waals surface area (Å²) in [6.45, 7) is 9.44. The summed E-state index contributed by atoms with van der Waals surface area (Å²) in [5, 5.41) is 12.7. The summed E-state index contributed by atoms with van der Waals surface area (Å²) < 4.78 is 0. The van der Waals surface area contributed by atoms with Crippen LogP contribution in [0.3, 0.4) is 0 Å². The van der Waals surface area contributed by atoms with Gasteiger partial charge in [-0.25, -0.2) is 4.98 Å². The van der Waals surface area contributed by atoms with Crippen molar-refractivity contribution in [1.82, 2.24) is 9.97 Å². The van der Waals surface area contributed by atoms with Crippen LogP contribution in [0.2, 0.25) is 0 Å². The van der Waals surface area contributed by atoms with E-state index in [0.29, 0.717) is 5.82 Å². The molecular weight excluding hydrogens is 190 g/mol. The van der Waals surface area contributed by atoms with E-state index in [2.05, 4.69) is 15.3 Å². The van der Waals surface area contributed by atoms with Crippen molar-refractivity contribution in [2.24, 2.45) is 0 Å². The standard InChI is InChI=1S/C11H19N3O/c1-7-8(2)13-10(6-12-7)14-11(4,5)9(3)15/h6,9,15H,1-5H3,(H,13,14). The highest BCUT2D eigenvalue weighted by Crippen LogP contribution is 2.16. The van der Waals surface area contributed by atoms with Crippen molar-refractivity contribution in [2.45, 2.75) is 46.3 Å². The van der Waals surface area contributed by atoms with Crippen LogP contribution < -0.4 is 5.32 Å². The number of aliphatic hydroxyl groups excluding tert-OH is 1. The van der Waals surface area contributed by atoms with Crippen molar-refractivity contribution in [3.8, 4) is 0 Å². The number of anilines is 1. The number of aryl methyl sites for hydroxylation is 2. The van der Waals surface area contributed by atoms with Crippen molar-refractivity contribution in [3.63, 3.8) is 0 Å². The van der Waals surface area contributed by atoms with Gasteiger partial charge in [0.05, 0.1) is 29.2 Å². The van der Waals surface area contributed by atoms with Gasteiger partial charge in [0.1, 0.15) is 5.82 Å². The number of nitrogens with zero attached hydrogens (tertiary/aromatic N) is 2. The van der Waals surface area contributed by atoms with Crippen molar-refractivity contribution in [2.75, 3.05) is 5.32 Å². The van der Waals surface area contributed by atoms with Crippen LogP contribution in [0.4, 0.5) is 5.82 Å². The van der Waals surface area contributed by atoms with E-state index in [1.165, 1.54) is 0 Å². The molecule has 0 bridgehead atoms. The van der Waals surface area contributed by atoms with Gasteiger partial charge in [-0.15, -0.1) is 0 Å². The summed E-state index contributed by atoms with van der Waals surface area (Å²) in [6, 6.07) is 0. The summed E-state index contributed by atoms with van der Waals surface area (Å²) in [6.07, 6.45) is 1.23. The van der Waals surface area contributed by atoms with Crippen molar-refractivity contribution >= 4 is 5.82 Å². The van der Waals surface area contributed by atoms with Gasteiger partial charge in [0.15, 0.2) is 0 Å². The van der Waals surface area contributed by atoms with E-state index in [1.54, 1.807) is 13.1 Å². The third kappa shape index (κ3) is 2.89. The highest BCUT2D eigenvalue weighted by atomic mass is 16.3. The molecule has 15 heavy (non-hydrogen) atoms. The minimum absolute atomic E-state index is 0.406. The maximum Gasteiger partial charge on any atom is 0.145 e. The number of aliphatic hydroxyl groups is 1. The molecule has 1 rings (SSSR count). The highest BCUT2D eigenvalue weighted by molar-refractivity contribution is 5.36. The molecule has 1 aromatic heterocycles. The Bertz CT molecular complexity index is 348. The molecule has 0 saturated heterocycles. The molecule has 0 aliphatic rings. The fourth-order valence-corrected chi connectivity index (χ4v) is 1.04. The fourth-order valence-electron chi connectivity index (χ4n) is 1.04. The van der Waals surface area contributed by atoms with Crippen LogP contribution in [0.1, 0.15) is 32.2 Å². The first-order valence-electron chi connectivity index (χ1n) is 5.09. The summed E-state index contributed by atoms with van der Waals surface area (Å²) in [5.74, 6) is 0.698. The van der Waals surface area contributed by atoms with Crippen molar-refractivity contribution in [3.05, 3.63) is 17.6 Å². The van der Waals surface area contributed by atoms with Crippen LogP contribution >= 0.6 is 0 Å². The molecule has 0 fully saturated rings. The molecule has 1 unspecified atom stereocenters. The second kappa shape index (κ2) is 4.14. The molecule has 0 spiro atoms. The number of rotatable bonds is 3. The lowest BCUT2D eigenvalue weighted by Gasteiger charge is -2.29. The normalized spacial score (nSPS) is 13.7. The summed E-state index contributed by atoms with van der Waals surface area (Å²) in [7, 11) is 0. The summed E-state index contributed by atoms with van der Waals surface area (Å²) in [5.41, 5.74) is 1.42. The van der Waals surface area contributed by atoms with Gasteiger partial charge in [-0.05, 0) is 34.6 Å². The minimum atomic E-state index is -0.457. The van der Waals surface area contributed by atoms with Gasteiger partial charge >= 0.3 is 0 Å². The first-order valence-corrected chi connectivity index (χ1v) is 5.09. The van der Waals surface area contributed by atoms with E-state index < -0.39 is 11.6 Å². The van der Waals surface area contributed by atoms with E-state index in [0.717, 1.165) is 11.4 Å². The van der Waals surface area contributed by atoms with E-state index >= 15 is 0 Å². The highest BCUT2D eigenvalue weighted by Gasteiger charge is 2.24. The largest absolute Gasteiger partial charge is 0.391 e. The lowest BCUT2D eigenvalue weighted by Crippen LogP contribution is -2.42. The number of hydrogen-bond acceptors (Lipinski definition) is 4. The Hall–Kier alpha value is -1.16. The Morgan fingerprint density at radius 3 is 2.40 bits per heavy atom. The van der Waals surface area contributed by atoms with E-state index in [1.807, 2.05) is 27.7 Å². The van der Waals surface area contributed by atoms with Gasteiger partial charge in [-0.3, -0.25) is 4.98 Å². The van der Waals surface area contributed by atoms with Crippen LogP contribution in [0, 0.1) is 13.8 Å². The minimum Gasteiger partial charge on any atom is -0.391 e. The lowest BCUT2D eigenvalue weighted by atomic mass is 9.99. The Kier molecular flexibility index (Phi) is 3.29. The number of hydrogen-bond donors (Lipinski definition) is 2. The molecule has 0 amide bonds. The van der Waals surface area contributed by atoms with Gasteiger partial charge in [-0.2, -0.15) is 0 Å². The molecule has 0 saturated carbocycles. The molecule has 4 heteroatoms. The zero-order chi connectivity index (χ0) is 11.6. The van der Waals surface area contributed by atoms with Crippen molar-refractivity contribution in [1.29, 1.82) is 0 Å². The molecule has 1 aromatic rings. The molecule has 0 aromatic carbocycles. The molecule has 0 radical (unpaired) electrons. The third-order valence-electron chi connectivity index (χ3n) is 2.69. The quantitative estimate of drug-likeness (QED) is 0.795. The van der Waals surface area contributed by atoms with E-state index in [9.17, 15) is 5.11 Å². The average Bonchev–Trinajstić information content (AvgIpc) is 2.10. The lowest BCUT2D eigenvalue weighted by molar-refractivity contribution is 0.133. The van der Waals surface area contributed by atoms with Gasteiger partial charge < -0.3 is 10.4 Å². The molecule has 0 aliphatic heterocycles. The molecule has 4 nitrogen and oxygen atoms in total. The van der Waals surface area contributed by atoms with Crippen LogP contribution in [0.25, 0.3) is 0 Å². The van der Waals surface area contributed by atoms with E-state index in [-0.39, 0.29) is 0 Å². The van der Waals surface area contributed by atoms with Gasteiger partial charge in [0.25, 0.3) is 0 Å². The SMILES string of the molecule is Cc1ncc(NC(C)(C)C(C)O)nc1C. The van der Waals surface area contributed by atoms with Crippen molar-refractivity contribution < 1.29 is 5.11 Å². The molecule has 84 valence electrons. The Morgan fingerprint density at radius 2 is 1.93 bits per heavy atom. The Balaban J connectivity index is 2.86. The first-order chi connectivity index (χ1) is 6.83. The predicted molar refractivity (Wildman–Crippen MR) is 60.9 cm³/mol. The maximum absolute atomic E-state index is 9.55. The second-order valence-corrected chi connectivity index (χ2v) is 4.45. The molecular formula is C11H19N3O. The smallest absolute Gasteiger partial charge is 0.145 e. The van der Waals surface area contributed by atoms with Crippen LogP contribution in [0.5, 0.6) is 0 Å². The average molecular weight is 209 g/mol. The topological polar surface area (TPSA) is 58.0 Å². The maximum atomic E-state index is 9.55. The first kappa shape index (κ1) is 11.9. The molecule has 2 N–H and O–H groups in total. The molecule has 1 atom stereocenters. The van der Waals surface area contributed by atoms with Gasteiger partial charge in [0, 0.05) is 0 Å².